The Balaban J connectivity index is 1.94. The molecule has 0 radical (unpaired) electrons. The van der Waals surface area contributed by atoms with Crippen molar-refractivity contribution in [1.29, 1.82) is 10.7 Å². The molecule has 106 valence electrons. The van der Waals surface area contributed by atoms with Gasteiger partial charge in [-0.2, -0.15) is 5.26 Å². The van der Waals surface area contributed by atoms with Crippen molar-refractivity contribution >= 4 is 5.71 Å². The second-order valence-electron chi connectivity index (χ2n) is 5.68. The summed E-state index contributed by atoms with van der Waals surface area (Å²) in [5.41, 5.74) is 1.46. The minimum absolute atomic E-state index is 0.497. The molecule has 2 rings (SSSR count). The predicted octanol–water partition coefficient (Wildman–Crippen LogP) is 3.61. The number of hydrogen-bond donors (Lipinski definition) is 1. The maximum absolute atomic E-state index is 9.51. The van der Waals surface area contributed by atoms with Crippen LogP contribution in [0.5, 0.6) is 0 Å². The highest BCUT2D eigenvalue weighted by Crippen LogP contribution is 2.34. The summed E-state index contributed by atoms with van der Waals surface area (Å²) < 4.78 is 0. The first-order chi connectivity index (χ1) is 9.70. The van der Waals surface area contributed by atoms with Gasteiger partial charge in [0, 0.05) is 25.3 Å². The van der Waals surface area contributed by atoms with Gasteiger partial charge in [0.25, 0.3) is 0 Å². The molecule has 0 saturated carbocycles. The summed E-state index contributed by atoms with van der Waals surface area (Å²) in [7, 11) is 0. The number of hydrogen-bond acceptors (Lipinski definition) is 3. The van der Waals surface area contributed by atoms with Crippen molar-refractivity contribution in [2.75, 3.05) is 13.1 Å². The van der Waals surface area contributed by atoms with Crippen LogP contribution in [-0.2, 0) is 6.54 Å². The van der Waals surface area contributed by atoms with Crippen molar-refractivity contribution in [2.24, 2.45) is 5.41 Å². The van der Waals surface area contributed by atoms with Crippen LogP contribution >= 0.6 is 0 Å². The van der Waals surface area contributed by atoms with E-state index in [9.17, 15) is 5.26 Å². The molecule has 1 saturated heterocycles. The van der Waals surface area contributed by atoms with E-state index in [2.05, 4.69) is 42.2 Å². The first kappa shape index (κ1) is 14.7. The summed E-state index contributed by atoms with van der Waals surface area (Å²) >= 11 is 0. The molecule has 3 heteroatoms. The van der Waals surface area contributed by atoms with Gasteiger partial charge in [-0.3, -0.25) is 4.90 Å². The molecule has 0 unspecified atom stereocenters. The van der Waals surface area contributed by atoms with Gasteiger partial charge < -0.3 is 5.41 Å². The summed E-state index contributed by atoms with van der Waals surface area (Å²) in [5.74, 6) is 0. The van der Waals surface area contributed by atoms with Crippen LogP contribution in [0.15, 0.2) is 30.3 Å². The van der Waals surface area contributed by atoms with Crippen LogP contribution in [0.4, 0.5) is 0 Å². The van der Waals surface area contributed by atoms with Crippen molar-refractivity contribution in [3.63, 3.8) is 0 Å². The molecule has 0 atom stereocenters. The SMILES string of the molecule is CCCC(=N)C1(C#N)CCN(Cc2ccccc2)CC1. The Morgan fingerprint density at radius 2 is 1.95 bits per heavy atom. The smallest absolute Gasteiger partial charge is 0.0971 e. The van der Waals surface area contributed by atoms with Gasteiger partial charge in [-0.1, -0.05) is 43.7 Å². The summed E-state index contributed by atoms with van der Waals surface area (Å²) in [5, 5.41) is 17.7. The summed E-state index contributed by atoms with van der Waals surface area (Å²) in [6.45, 7) is 4.84. The molecule has 0 spiro atoms. The van der Waals surface area contributed by atoms with Crippen LogP contribution in [0.25, 0.3) is 0 Å². The Kier molecular flexibility index (Phi) is 4.92. The summed E-state index contributed by atoms with van der Waals surface area (Å²) in [6.07, 6.45) is 3.31. The molecule has 0 bridgehead atoms. The second kappa shape index (κ2) is 6.67. The van der Waals surface area contributed by atoms with Gasteiger partial charge in [0.05, 0.1) is 11.5 Å². The molecule has 0 amide bonds. The fourth-order valence-corrected chi connectivity index (χ4v) is 2.90. The molecule has 0 aromatic heterocycles. The number of benzene rings is 1. The van der Waals surface area contributed by atoms with E-state index in [-0.39, 0.29) is 0 Å². The molecule has 1 aliphatic heterocycles. The molecule has 20 heavy (non-hydrogen) atoms. The molecular weight excluding hydrogens is 246 g/mol. The van der Waals surface area contributed by atoms with Crippen molar-refractivity contribution in [2.45, 2.75) is 39.2 Å². The average molecular weight is 269 g/mol. The van der Waals surface area contributed by atoms with E-state index in [1.807, 2.05) is 6.07 Å². The third-order valence-corrected chi connectivity index (χ3v) is 4.25. The lowest BCUT2D eigenvalue weighted by atomic mass is 9.74. The Labute approximate surface area is 121 Å². The summed E-state index contributed by atoms with van der Waals surface area (Å²) in [6, 6.07) is 12.9. The fourth-order valence-electron chi connectivity index (χ4n) is 2.90. The van der Waals surface area contributed by atoms with Crippen LogP contribution in [0.1, 0.15) is 38.2 Å². The van der Waals surface area contributed by atoms with Gasteiger partial charge in [-0.05, 0) is 24.8 Å². The minimum Gasteiger partial charge on any atom is -0.308 e. The van der Waals surface area contributed by atoms with E-state index >= 15 is 0 Å². The Bertz CT molecular complexity index is 479. The lowest BCUT2D eigenvalue weighted by Crippen LogP contribution is -2.43. The van der Waals surface area contributed by atoms with Gasteiger partial charge in [-0.15, -0.1) is 0 Å². The number of likely N-dealkylation sites (tertiary alicyclic amines) is 1. The Morgan fingerprint density at radius 3 is 2.50 bits per heavy atom. The van der Waals surface area contributed by atoms with Crippen LogP contribution in [-0.4, -0.2) is 23.7 Å². The van der Waals surface area contributed by atoms with Gasteiger partial charge in [0.1, 0.15) is 0 Å². The molecule has 3 nitrogen and oxygen atoms in total. The zero-order valence-electron chi connectivity index (χ0n) is 12.2. The topological polar surface area (TPSA) is 50.9 Å². The van der Waals surface area contributed by atoms with E-state index < -0.39 is 5.41 Å². The van der Waals surface area contributed by atoms with Crippen LogP contribution < -0.4 is 0 Å². The molecule has 1 aromatic carbocycles. The summed E-state index contributed by atoms with van der Waals surface area (Å²) in [4.78, 5) is 2.39. The normalized spacial score (nSPS) is 18.4. The van der Waals surface area contributed by atoms with Gasteiger partial charge in [0.15, 0.2) is 0 Å². The van der Waals surface area contributed by atoms with E-state index in [0.29, 0.717) is 5.71 Å². The number of piperidine rings is 1. The fraction of sp³-hybridized carbons (Fsp3) is 0.529. The van der Waals surface area contributed by atoms with E-state index in [1.54, 1.807) is 0 Å². The monoisotopic (exact) mass is 269 g/mol. The third-order valence-electron chi connectivity index (χ3n) is 4.25. The van der Waals surface area contributed by atoms with Crippen LogP contribution in [0.3, 0.4) is 0 Å². The van der Waals surface area contributed by atoms with Gasteiger partial charge in [0.2, 0.25) is 0 Å². The van der Waals surface area contributed by atoms with E-state index in [0.717, 1.165) is 45.3 Å². The lowest BCUT2D eigenvalue weighted by Gasteiger charge is -2.37. The maximum Gasteiger partial charge on any atom is 0.0971 e. The van der Waals surface area contributed by atoms with Crippen LogP contribution in [0, 0.1) is 22.2 Å². The van der Waals surface area contributed by atoms with Crippen molar-refractivity contribution in [3.05, 3.63) is 35.9 Å². The Morgan fingerprint density at radius 1 is 1.30 bits per heavy atom. The first-order valence-electron chi connectivity index (χ1n) is 7.45. The minimum atomic E-state index is -0.497. The second-order valence-corrected chi connectivity index (χ2v) is 5.68. The first-order valence-corrected chi connectivity index (χ1v) is 7.45. The van der Waals surface area contributed by atoms with Crippen molar-refractivity contribution in [3.8, 4) is 6.07 Å². The van der Waals surface area contributed by atoms with Crippen LogP contribution in [0.2, 0.25) is 0 Å². The number of nitriles is 1. The number of rotatable bonds is 5. The Hall–Kier alpha value is -1.66. The highest BCUT2D eigenvalue weighted by molar-refractivity contribution is 5.90. The average Bonchev–Trinajstić information content (AvgIpc) is 2.49. The quantitative estimate of drug-likeness (QED) is 0.830. The zero-order chi connectivity index (χ0) is 14.4. The molecule has 0 aliphatic carbocycles. The number of nitrogens with zero attached hydrogens (tertiary/aromatic N) is 2. The largest absolute Gasteiger partial charge is 0.308 e. The lowest BCUT2D eigenvalue weighted by molar-refractivity contribution is 0.173. The maximum atomic E-state index is 9.51. The third kappa shape index (κ3) is 3.26. The predicted molar refractivity (Wildman–Crippen MR) is 81.6 cm³/mol. The molecular formula is C17H23N3. The number of nitrogens with one attached hydrogen (secondary N) is 1. The highest BCUT2D eigenvalue weighted by Gasteiger charge is 2.38. The molecule has 1 aliphatic rings. The molecule has 1 aromatic rings. The zero-order valence-corrected chi connectivity index (χ0v) is 12.2. The van der Waals surface area contributed by atoms with Crippen molar-refractivity contribution < 1.29 is 0 Å². The molecule has 1 fully saturated rings. The van der Waals surface area contributed by atoms with E-state index in [1.165, 1.54) is 5.56 Å². The van der Waals surface area contributed by atoms with Gasteiger partial charge in [-0.25, -0.2) is 0 Å². The standard InChI is InChI=1S/C17H23N3/c1-2-6-16(19)17(14-18)9-11-20(12-10-17)13-15-7-4-3-5-8-15/h3-5,7-8,19H,2,6,9-13H2,1H3. The van der Waals surface area contributed by atoms with Gasteiger partial charge >= 0.3 is 0 Å². The highest BCUT2D eigenvalue weighted by atomic mass is 15.1. The van der Waals surface area contributed by atoms with Crippen molar-refractivity contribution in [1.82, 2.24) is 4.90 Å². The van der Waals surface area contributed by atoms with E-state index in [4.69, 9.17) is 5.41 Å². The molecule has 1 heterocycles. The molecule has 1 N–H and O–H groups in total.